The number of Topliss-reactive ketones (excluding diaryl/α,β-unsaturated/α-hetero) is 1. The van der Waals surface area contributed by atoms with E-state index in [0.29, 0.717) is 5.56 Å². The van der Waals surface area contributed by atoms with E-state index in [0.717, 1.165) is 59.2 Å². The van der Waals surface area contributed by atoms with Gasteiger partial charge in [0.05, 0.1) is 16.8 Å². The van der Waals surface area contributed by atoms with Crippen LogP contribution in [-0.2, 0) is 6.54 Å². The number of nitrogens with one attached hydrogen (secondary N) is 1. The third-order valence-corrected chi connectivity index (χ3v) is 6.03. The first-order chi connectivity index (χ1) is 14.1. The van der Waals surface area contributed by atoms with Gasteiger partial charge in [0.2, 0.25) is 0 Å². The number of ketones is 1. The minimum Gasteiger partial charge on any atom is -0.354 e. The monoisotopic (exact) mass is 451 g/mol. The molecule has 0 saturated heterocycles. The van der Waals surface area contributed by atoms with Crippen molar-refractivity contribution in [3.8, 4) is 0 Å². The van der Waals surface area contributed by atoms with Crippen molar-refractivity contribution in [1.29, 1.82) is 0 Å². The highest BCUT2D eigenvalue weighted by Gasteiger charge is 2.32. The summed E-state index contributed by atoms with van der Waals surface area (Å²) >= 11 is 3.56. The van der Waals surface area contributed by atoms with E-state index in [1.165, 1.54) is 5.56 Å². The molecular formula is C24H26BrN3O. The normalized spacial score (nSPS) is 13.8. The Kier molecular flexibility index (Phi) is 5.97. The maximum Gasteiger partial charge on any atom is 0.169 e. The first kappa shape index (κ1) is 20.0. The predicted octanol–water partition coefficient (Wildman–Crippen LogP) is 6.18. The Balaban J connectivity index is 1.74. The molecule has 3 aromatic rings. The van der Waals surface area contributed by atoms with Crippen LogP contribution in [0.25, 0.3) is 10.9 Å². The van der Waals surface area contributed by atoms with E-state index in [-0.39, 0.29) is 11.7 Å². The molecule has 1 saturated carbocycles. The molecule has 0 atom stereocenters. The molecule has 0 spiro atoms. The number of fused-ring (bicyclic) bond motifs is 1. The number of benzene rings is 2. The maximum absolute atomic E-state index is 12.9. The second-order valence-corrected chi connectivity index (χ2v) is 8.55. The zero-order chi connectivity index (χ0) is 20.4. The lowest BCUT2D eigenvalue weighted by molar-refractivity contribution is 0.0968. The predicted molar refractivity (Wildman–Crippen MR) is 123 cm³/mol. The molecule has 1 N–H and O–H groups in total. The minimum atomic E-state index is 0.149. The molecule has 0 amide bonds. The number of carbonyl (C=O) groups is 1. The van der Waals surface area contributed by atoms with Crippen LogP contribution in [0.2, 0.25) is 0 Å². The van der Waals surface area contributed by atoms with Gasteiger partial charge in [0.15, 0.2) is 5.78 Å². The molecule has 1 aliphatic rings. The third kappa shape index (κ3) is 4.51. The quantitative estimate of drug-likeness (QED) is 0.415. The van der Waals surface area contributed by atoms with Gasteiger partial charge in [-0.05, 0) is 61.8 Å². The fraction of sp³-hybridized carbons (Fsp3) is 0.333. The van der Waals surface area contributed by atoms with Crippen LogP contribution < -0.4 is 5.32 Å². The average molecular weight is 452 g/mol. The first-order valence-electron chi connectivity index (χ1n) is 10.3. The van der Waals surface area contributed by atoms with Crippen molar-refractivity contribution >= 4 is 44.0 Å². The van der Waals surface area contributed by atoms with Gasteiger partial charge < -0.3 is 5.32 Å². The SMILES string of the molecule is CCN(CC)Cc1cccc(Nc2c(C(=O)C3CC3)cnc3ccc(Br)cc23)c1. The number of nitrogens with zero attached hydrogens (tertiary/aromatic N) is 2. The van der Waals surface area contributed by atoms with E-state index in [1.54, 1.807) is 6.20 Å². The van der Waals surface area contributed by atoms with Crippen LogP contribution in [0.1, 0.15) is 42.6 Å². The van der Waals surface area contributed by atoms with Gasteiger partial charge in [-0.2, -0.15) is 0 Å². The fourth-order valence-electron chi connectivity index (χ4n) is 3.65. The molecule has 5 heteroatoms. The van der Waals surface area contributed by atoms with Gasteiger partial charge in [-0.3, -0.25) is 14.7 Å². The molecule has 1 fully saturated rings. The molecule has 29 heavy (non-hydrogen) atoms. The van der Waals surface area contributed by atoms with Crippen molar-refractivity contribution in [3.05, 3.63) is 64.3 Å². The standard InChI is InChI=1S/C24H26BrN3O/c1-3-28(4-2)15-16-6-5-7-19(12-16)27-23-20-13-18(25)10-11-22(20)26-14-21(23)24(29)17-8-9-17/h5-7,10-14,17H,3-4,8-9,15H2,1-2H3,(H,26,27). The van der Waals surface area contributed by atoms with Crippen molar-refractivity contribution in [2.24, 2.45) is 5.92 Å². The number of carbonyl (C=O) groups excluding carboxylic acids is 1. The number of hydrogen-bond donors (Lipinski definition) is 1. The van der Waals surface area contributed by atoms with Crippen LogP contribution in [0.15, 0.2) is 53.1 Å². The summed E-state index contributed by atoms with van der Waals surface area (Å²) in [6.07, 6.45) is 3.70. The molecule has 1 aromatic heterocycles. The van der Waals surface area contributed by atoms with Crippen LogP contribution in [0, 0.1) is 5.92 Å². The Labute approximate surface area is 180 Å². The van der Waals surface area contributed by atoms with Gasteiger partial charge in [-0.25, -0.2) is 0 Å². The zero-order valence-corrected chi connectivity index (χ0v) is 18.5. The highest BCUT2D eigenvalue weighted by atomic mass is 79.9. The first-order valence-corrected chi connectivity index (χ1v) is 11.1. The minimum absolute atomic E-state index is 0.149. The summed E-state index contributed by atoms with van der Waals surface area (Å²) in [5.41, 5.74) is 4.67. The maximum atomic E-state index is 12.9. The molecule has 1 heterocycles. The lowest BCUT2D eigenvalue weighted by Gasteiger charge is -2.19. The van der Waals surface area contributed by atoms with Crippen molar-refractivity contribution in [2.75, 3.05) is 18.4 Å². The van der Waals surface area contributed by atoms with Crippen molar-refractivity contribution in [2.45, 2.75) is 33.2 Å². The number of pyridine rings is 1. The highest BCUT2D eigenvalue weighted by Crippen LogP contribution is 2.38. The highest BCUT2D eigenvalue weighted by molar-refractivity contribution is 9.10. The van der Waals surface area contributed by atoms with E-state index in [1.807, 2.05) is 18.2 Å². The van der Waals surface area contributed by atoms with Crippen LogP contribution >= 0.6 is 15.9 Å². The summed E-state index contributed by atoms with van der Waals surface area (Å²) in [5.74, 6) is 0.345. The Bertz CT molecular complexity index is 1040. The van der Waals surface area contributed by atoms with Gasteiger partial charge in [-0.15, -0.1) is 0 Å². The number of aromatic nitrogens is 1. The zero-order valence-electron chi connectivity index (χ0n) is 16.9. The molecule has 1 aliphatic carbocycles. The number of anilines is 2. The smallest absolute Gasteiger partial charge is 0.169 e. The Hall–Kier alpha value is -2.24. The van der Waals surface area contributed by atoms with E-state index in [2.05, 4.69) is 69.2 Å². The third-order valence-electron chi connectivity index (χ3n) is 5.54. The summed E-state index contributed by atoms with van der Waals surface area (Å²) in [7, 11) is 0. The van der Waals surface area contributed by atoms with E-state index < -0.39 is 0 Å². The molecule has 150 valence electrons. The summed E-state index contributed by atoms with van der Waals surface area (Å²) in [6, 6.07) is 14.5. The van der Waals surface area contributed by atoms with E-state index >= 15 is 0 Å². The van der Waals surface area contributed by atoms with Gasteiger partial charge in [-0.1, -0.05) is 41.9 Å². The molecule has 0 aliphatic heterocycles. The van der Waals surface area contributed by atoms with Crippen molar-refractivity contribution in [3.63, 3.8) is 0 Å². The fourth-order valence-corrected chi connectivity index (χ4v) is 4.01. The lowest BCUT2D eigenvalue weighted by atomic mass is 10.0. The molecule has 0 unspecified atom stereocenters. The summed E-state index contributed by atoms with van der Waals surface area (Å²) in [4.78, 5) is 19.9. The van der Waals surface area contributed by atoms with Gasteiger partial charge in [0.1, 0.15) is 0 Å². The van der Waals surface area contributed by atoms with E-state index in [9.17, 15) is 4.79 Å². The Morgan fingerprint density at radius 3 is 2.69 bits per heavy atom. The Morgan fingerprint density at radius 1 is 1.17 bits per heavy atom. The average Bonchev–Trinajstić information content (AvgIpc) is 3.57. The largest absolute Gasteiger partial charge is 0.354 e. The second kappa shape index (κ2) is 8.64. The van der Waals surface area contributed by atoms with Crippen LogP contribution in [0.5, 0.6) is 0 Å². The lowest BCUT2D eigenvalue weighted by Crippen LogP contribution is -2.22. The summed E-state index contributed by atoms with van der Waals surface area (Å²) in [6.45, 7) is 7.33. The molecular weight excluding hydrogens is 426 g/mol. The van der Waals surface area contributed by atoms with Crippen molar-refractivity contribution in [1.82, 2.24) is 9.88 Å². The number of rotatable bonds is 8. The molecule has 0 bridgehead atoms. The van der Waals surface area contributed by atoms with E-state index in [4.69, 9.17) is 0 Å². The van der Waals surface area contributed by atoms with Crippen LogP contribution in [0.4, 0.5) is 11.4 Å². The molecule has 2 aromatic carbocycles. The van der Waals surface area contributed by atoms with Gasteiger partial charge >= 0.3 is 0 Å². The Morgan fingerprint density at radius 2 is 1.97 bits per heavy atom. The molecule has 4 rings (SSSR count). The van der Waals surface area contributed by atoms with Crippen molar-refractivity contribution < 1.29 is 4.79 Å². The number of halogens is 1. The van der Waals surface area contributed by atoms with Crippen LogP contribution in [0.3, 0.4) is 0 Å². The summed E-state index contributed by atoms with van der Waals surface area (Å²) in [5, 5.41) is 4.51. The van der Waals surface area contributed by atoms with Gasteiger partial charge in [0.25, 0.3) is 0 Å². The number of hydrogen-bond acceptors (Lipinski definition) is 4. The topological polar surface area (TPSA) is 45.2 Å². The second-order valence-electron chi connectivity index (χ2n) is 7.63. The van der Waals surface area contributed by atoms with Crippen LogP contribution in [-0.4, -0.2) is 28.8 Å². The molecule has 0 radical (unpaired) electrons. The van der Waals surface area contributed by atoms with Gasteiger partial charge in [0, 0.05) is 34.2 Å². The molecule has 4 nitrogen and oxygen atoms in total. The summed E-state index contributed by atoms with van der Waals surface area (Å²) < 4.78 is 0.973.